The third-order valence-electron chi connectivity index (χ3n) is 2.02. The summed E-state index contributed by atoms with van der Waals surface area (Å²) in [5.74, 6) is 0. The molecule has 2 heteroatoms. The van der Waals surface area contributed by atoms with Gasteiger partial charge in [0.05, 0.1) is 6.61 Å². The predicted molar refractivity (Wildman–Crippen MR) is 57.8 cm³/mol. The van der Waals surface area contributed by atoms with Gasteiger partial charge < -0.3 is 10.5 Å². The van der Waals surface area contributed by atoms with Crippen molar-refractivity contribution in [3.8, 4) is 0 Å². The highest BCUT2D eigenvalue weighted by molar-refractivity contribution is 4.49. The topological polar surface area (TPSA) is 35.2 Å². The van der Waals surface area contributed by atoms with Gasteiger partial charge in [0.2, 0.25) is 0 Å². The molecule has 0 unspecified atom stereocenters. The fraction of sp³-hybridized carbons (Fsp3) is 1.00. The van der Waals surface area contributed by atoms with E-state index in [0.717, 1.165) is 6.61 Å². The molecule has 13 heavy (non-hydrogen) atoms. The minimum atomic E-state index is 0.181. The van der Waals surface area contributed by atoms with Crippen molar-refractivity contribution >= 4 is 0 Å². The number of nitrogens with two attached hydrogens (primary N) is 1. The summed E-state index contributed by atoms with van der Waals surface area (Å²) in [6, 6.07) is 0.181. The fourth-order valence-electron chi connectivity index (χ4n) is 1.25. The zero-order chi connectivity index (χ0) is 9.94. The van der Waals surface area contributed by atoms with Crippen LogP contribution in [-0.2, 0) is 4.74 Å². The van der Waals surface area contributed by atoms with Gasteiger partial charge in [0, 0.05) is 12.6 Å². The molecule has 0 amide bonds. The number of hydrogen-bond donors (Lipinski definition) is 1. The number of unbranched alkanes of at least 4 members (excludes halogenated alkanes) is 5. The van der Waals surface area contributed by atoms with Gasteiger partial charge in [-0.05, 0) is 13.3 Å². The summed E-state index contributed by atoms with van der Waals surface area (Å²) in [6.45, 7) is 5.80. The summed E-state index contributed by atoms with van der Waals surface area (Å²) in [5, 5.41) is 0. The first kappa shape index (κ1) is 12.9. The van der Waals surface area contributed by atoms with E-state index in [-0.39, 0.29) is 6.04 Å². The monoisotopic (exact) mass is 187 g/mol. The Morgan fingerprint density at radius 3 is 2.31 bits per heavy atom. The van der Waals surface area contributed by atoms with Gasteiger partial charge in [-0.3, -0.25) is 0 Å². The van der Waals surface area contributed by atoms with Crippen LogP contribution in [0.5, 0.6) is 0 Å². The molecular weight excluding hydrogens is 162 g/mol. The first-order valence-corrected chi connectivity index (χ1v) is 5.60. The quantitative estimate of drug-likeness (QED) is 0.563. The van der Waals surface area contributed by atoms with Crippen LogP contribution in [0.1, 0.15) is 52.4 Å². The molecule has 0 saturated heterocycles. The van der Waals surface area contributed by atoms with Gasteiger partial charge in [-0.2, -0.15) is 0 Å². The lowest BCUT2D eigenvalue weighted by atomic mass is 10.1. The van der Waals surface area contributed by atoms with Crippen LogP contribution in [0.4, 0.5) is 0 Å². The maximum Gasteiger partial charge on any atom is 0.0614 e. The highest BCUT2D eigenvalue weighted by Gasteiger charge is 1.93. The van der Waals surface area contributed by atoms with Gasteiger partial charge >= 0.3 is 0 Å². The lowest BCUT2D eigenvalue weighted by Gasteiger charge is -2.06. The second-order valence-electron chi connectivity index (χ2n) is 3.82. The molecule has 0 radical (unpaired) electrons. The number of hydrogen-bond acceptors (Lipinski definition) is 2. The van der Waals surface area contributed by atoms with E-state index in [2.05, 4.69) is 6.92 Å². The smallest absolute Gasteiger partial charge is 0.0614 e. The molecule has 1 atom stereocenters. The van der Waals surface area contributed by atoms with Crippen molar-refractivity contribution in [1.82, 2.24) is 0 Å². The Kier molecular flexibility index (Phi) is 9.94. The van der Waals surface area contributed by atoms with Crippen molar-refractivity contribution in [2.45, 2.75) is 58.4 Å². The molecule has 0 heterocycles. The molecule has 0 aliphatic heterocycles. The normalized spacial score (nSPS) is 13.2. The van der Waals surface area contributed by atoms with Gasteiger partial charge in [0.15, 0.2) is 0 Å². The molecule has 0 aliphatic rings. The first-order valence-electron chi connectivity index (χ1n) is 5.60. The molecule has 0 rings (SSSR count). The average molecular weight is 187 g/mol. The summed E-state index contributed by atoms with van der Waals surface area (Å²) >= 11 is 0. The summed E-state index contributed by atoms with van der Waals surface area (Å²) in [4.78, 5) is 0. The molecule has 2 N–H and O–H groups in total. The molecular formula is C11H25NO. The third-order valence-corrected chi connectivity index (χ3v) is 2.02. The first-order chi connectivity index (χ1) is 6.27. The van der Waals surface area contributed by atoms with E-state index in [1.165, 1.54) is 38.5 Å². The molecule has 0 aromatic heterocycles. The van der Waals surface area contributed by atoms with Crippen LogP contribution in [-0.4, -0.2) is 19.3 Å². The van der Waals surface area contributed by atoms with E-state index in [9.17, 15) is 0 Å². The van der Waals surface area contributed by atoms with Crippen molar-refractivity contribution in [3.05, 3.63) is 0 Å². The van der Waals surface area contributed by atoms with Gasteiger partial charge in [-0.25, -0.2) is 0 Å². The maximum atomic E-state index is 5.55. The van der Waals surface area contributed by atoms with Crippen LogP contribution < -0.4 is 5.73 Å². The Morgan fingerprint density at radius 2 is 1.69 bits per heavy atom. The third kappa shape index (κ3) is 11.9. The molecule has 0 fully saturated rings. The summed E-state index contributed by atoms with van der Waals surface area (Å²) in [6.07, 6.45) is 7.93. The van der Waals surface area contributed by atoms with E-state index in [4.69, 9.17) is 10.5 Å². The highest BCUT2D eigenvalue weighted by atomic mass is 16.5. The Bertz CT molecular complexity index is 94.1. The van der Waals surface area contributed by atoms with Crippen LogP contribution in [0.15, 0.2) is 0 Å². The Hall–Kier alpha value is -0.0800. The molecule has 0 aromatic rings. The minimum Gasteiger partial charge on any atom is -0.380 e. The van der Waals surface area contributed by atoms with E-state index >= 15 is 0 Å². The fourth-order valence-corrected chi connectivity index (χ4v) is 1.25. The molecule has 0 bridgehead atoms. The van der Waals surface area contributed by atoms with Crippen molar-refractivity contribution in [3.63, 3.8) is 0 Å². The van der Waals surface area contributed by atoms with Crippen molar-refractivity contribution < 1.29 is 4.74 Å². The Labute approximate surface area is 82.8 Å². The van der Waals surface area contributed by atoms with Gasteiger partial charge in [0.1, 0.15) is 0 Å². The molecule has 80 valence electrons. The Morgan fingerprint density at radius 1 is 1.08 bits per heavy atom. The second kappa shape index (κ2) is 10.0. The summed E-state index contributed by atoms with van der Waals surface area (Å²) in [5.41, 5.74) is 5.55. The van der Waals surface area contributed by atoms with Gasteiger partial charge in [-0.1, -0.05) is 39.0 Å². The molecule has 0 aromatic carbocycles. The maximum absolute atomic E-state index is 5.55. The van der Waals surface area contributed by atoms with E-state index in [0.29, 0.717) is 6.61 Å². The van der Waals surface area contributed by atoms with E-state index in [1.54, 1.807) is 0 Å². The molecule has 0 aliphatic carbocycles. The van der Waals surface area contributed by atoms with Gasteiger partial charge in [0.25, 0.3) is 0 Å². The van der Waals surface area contributed by atoms with E-state index < -0.39 is 0 Å². The largest absolute Gasteiger partial charge is 0.380 e. The molecule has 2 nitrogen and oxygen atoms in total. The van der Waals surface area contributed by atoms with Crippen molar-refractivity contribution in [2.75, 3.05) is 13.2 Å². The van der Waals surface area contributed by atoms with Crippen molar-refractivity contribution in [2.24, 2.45) is 5.73 Å². The van der Waals surface area contributed by atoms with E-state index in [1.807, 2.05) is 6.92 Å². The highest BCUT2D eigenvalue weighted by Crippen LogP contribution is 2.04. The summed E-state index contributed by atoms with van der Waals surface area (Å²) in [7, 11) is 0. The predicted octanol–water partition coefficient (Wildman–Crippen LogP) is 2.71. The minimum absolute atomic E-state index is 0.181. The van der Waals surface area contributed by atoms with Crippen LogP contribution in [0.2, 0.25) is 0 Å². The zero-order valence-corrected chi connectivity index (χ0v) is 9.22. The van der Waals surface area contributed by atoms with Crippen LogP contribution in [0.3, 0.4) is 0 Å². The number of ether oxygens (including phenoxy) is 1. The molecule has 0 spiro atoms. The van der Waals surface area contributed by atoms with Crippen LogP contribution in [0, 0.1) is 0 Å². The SMILES string of the molecule is CCCCCCCCOC[C@@H](C)N. The van der Waals surface area contributed by atoms with Gasteiger partial charge in [-0.15, -0.1) is 0 Å². The van der Waals surface area contributed by atoms with Crippen LogP contribution >= 0.6 is 0 Å². The number of rotatable bonds is 9. The second-order valence-corrected chi connectivity index (χ2v) is 3.82. The lowest BCUT2D eigenvalue weighted by Crippen LogP contribution is -2.22. The lowest BCUT2D eigenvalue weighted by molar-refractivity contribution is 0.120. The molecule has 0 saturated carbocycles. The summed E-state index contributed by atoms with van der Waals surface area (Å²) < 4.78 is 5.38. The Balaban J connectivity index is 2.84. The average Bonchev–Trinajstić information content (AvgIpc) is 2.09. The standard InChI is InChI=1S/C11H25NO/c1-3-4-5-6-7-8-9-13-10-11(2)12/h11H,3-10,12H2,1-2H3/t11-/m1/s1. The zero-order valence-electron chi connectivity index (χ0n) is 9.22. The van der Waals surface area contributed by atoms with Crippen molar-refractivity contribution in [1.29, 1.82) is 0 Å². The van der Waals surface area contributed by atoms with Crippen LogP contribution in [0.25, 0.3) is 0 Å².